The van der Waals surface area contributed by atoms with Crippen LogP contribution in [0.25, 0.3) is 0 Å². The molecule has 2 aliphatic rings. The molecular weight excluding hydrogens is 262 g/mol. The smallest absolute Gasteiger partial charge is 0.135 e. The first-order valence-electron chi connectivity index (χ1n) is 8.30. The largest absolute Gasteiger partial charge is 0.378 e. The highest BCUT2D eigenvalue weighted by molar-refractivity contribution is 5.41. The molecule has 21 heavy (non-hydrogen) atoms. The number of hydrogen-bond donors (Lipinski definition) is 0. The summed E-state index contributed by atoms with van der Waals surface area (Å²) in [6.45, 7) is 15.9. The van der Waals surface area contributed by atoms with Gasteiger partial charge in [-0.2, -0.15) is 0 Å². The lowest BCUT2D eigenvalue weighted by atomic mass is 9.87. The fraction of sp³-hybridized carbons (Fsp3) is 0.722. The van der Waals surface area contributed by atoms with Gasteiger partial charge in [0.05, 0.1) is 17.9 Å². The first-order valence-corrected chi connectivity index (χ1v) is 8.30. The van der Waals surface area contributed by atoms with Crippen molar-refractivity contribution in [2.75, 3.05) is 13.2 Å². The maximum atomic E-state index is 6.34. The molecule has 1 fully saturated rings. The van der Waals surface area contributed by atoms with E-state index in [2.05, 4.69) is 31.8 Å². The van der Waals surface area contributed by atoms with E-state index < -0.39 is 0 Å². The standard InChI is InChI=1S/C14H19NO2.2C2H6/c1-10-5-7-15-12-11(10)13(2,3)17-14(12)6-4-8-16-9-14;2*1-2/h5,7H,4,6,8-9H2,1-3H3;2*1-2H3. The third-order valence-electron chi connectivity index (χ3n) is 3.85. The van der Waals surface area contributed by atoms with Crippen molar-refractivity contribution in [1.82, 2.24) is 4.98 Å². The molecule has 0 aromatic carbocycles. The van der Waals surface area contributed by atoms with Crippen molar-refractivity contribution in [2.45, 2.75) is 72.5 Å². The Labute approximate surface area is 130 Å². The third-order valence-corrected chi connectivity index (χ3v) is 3.85. The summed E-state index contributed by atoms with van der Waals surface area (Å²) in [5, 5.41) is 0. The lowest BCUT2D eigenvalue weighted by Gasteiger charge is -2.34. The first-order chi connectivity index (χ1) is 10.1. The van der Waals surface area contributed by atoms with Gasteiger partial charge in [0.1, 0.15) is 5.60 Å². The van der Waals surface area contributed by atoms with E-state index in [1.54, 1.807) is 0 Å². The fourth-order valence-corrected chi connectivity index (χ4v) is 3.29. The number of fused-ring (bicyclic) bond motifs is 2. The van der Waals surface area contributed by atoms with E-state index in [0.29, 0.717) is 6.61 Å². The van der Waals surface area contributed by atoms with Crippen LogP contribution in [-0.2, 0) is 20.7 Å². The predicted molar refractivity (Wildman–Crippen MR) is 87.5 cm³/mol. The van der Waals surface area contributed by atoms with Gasteiger partial charge in [-0.3, -0.25) is 4.98 Å². The summed E-state index contributed by atoms with van der Waals surface area (Å²) < 4.78 is 12.0. The third kappa shape index (κ3) is 3.29. The summed E-state index contributed by atoms with van der Waals surface area (Å²) in [7, 11) is 0. The molecule has 0 bridgehead atoms. The Kier molecular flexibility index (Phi) is 6.36. The molecule has 3 rings (SSSR count). The maximum Gasteiger partial charge on any atom is 0.135 e. The molecule has 3 nitrogen and oxygen atoms in total. The van der Waals surface area contributed by atoms with Crippen LogP contribution in [0.3, 0.4) is 0 Å². The maximum absolute atomic E-state index is 6.34. The van der Waals surface area contributed by atoms with Crippen molar-refractivity contribution in [3.63, 3.8) is 0 Å². The molecule has 1 atom stereocenters. The van der Waals surface area contributed by atoms with Gasteiger partial charge in [-0.15, -0.1) is 0 Å². The lowest BCUT2D eigenvalue weighted by molar-refractivity contribution is -0.180. The fourth-order valence-electron chi connectivity index (χ4n) is 3.29. The van der Waals surface area contributed by atoms with Crippen molar-refractivity contribution in [1.29, 1.82) is 0 Å². The van der Waals surface area contributed by atoms with Gasteiger partial charge in [0.15, 0.2) is 0 Å². The second kappa shape index (κ2) is 7.37. The molecule has 3 heteroatoms. The zero-order valence-corrected chi connectivity index (χ0v) is 14.7. The number of pyridine rings is 1. The highest BCUT2D eigenvalue weighted by Gasteiger charge is 2.51. The monoisotopic (exact) mass is 293 g/mol. The summed E-state index contributed by atoms with van der Waals surface area (Å²) in [6.07, 6.45) is 3.94. The zero-order chi connectivity index (χ0) is 16.1. The van der Waals surface area contributed by atoms with E-state index in [9.17, 15) is 0 Å². The van der Waals surface area contributed by atoms with E-state index in [-0.39, 0.29) is 11.2 Å². The summed E-state index contributed by atoms with van der Waals surface area (Å²) in [5.41, 5.74) is 3.06. The van der Waals surface area contributed by atoms with Crippen LogP contribution in [-0.4, -0.2) is 18.2 Å². The Morgan fingerprint density at radius 2 is 1.81 bits per heavy atom. The Morgan fingerprint density at radius 3 is 2.38 bits per heavy atom. The lowest BCUT2D eigenvalue weighted by Crippen LogP contribution is -2.38. The molecule has 1 saturated heterocycles. The van der Waals surface area contributed by atoms with Gasteiger partial charge in [-0.25, -0.2) is 0 Å². The second-order valence-corrected chi connectivity index (χ2v) is 5.61. The van der Waals surface area contributed by atoms with Crippen molar-refractivity contribution in [3.05, 3.63) is 29.1 Å². The molecule has 1 unspecified atom stereocenters. The average Bonchev–Trinajstić information content (AvgIpc) is 2.73. The molecule has 1 aromatic rings. The van der Waals surface area contributed by atoms with Crippen molar-refractivity contribution >= 4 is 0 Å². The van der Waals surface area contributed by atoms with Crippen LogP contribution in [0.2, 0.25) is 0 Å². The summed E-state index contributed by atoms with van der Waals surface area (Å²) in [5.74, 6) is 0. The Balaban J connectivity index is 0.000000510. The molecule has 0 radical (unpaired) electrons. The number of rotatable bonds is 0. The molecule has 1 spiro atoms. The van der Waals surface area contributed by atoms with Crippen LogP contribution < -0.4 is 0 Å². The summed E-state index contributed by atoms with van der Waals surface area (Å²) in [6, 6.07) is 2.06. The van der Waals surface area contributed by atoms with Gasteiger partial charge in [-0.1, -0.05) is 27.7 Å². The molecular formula is C18H31NO2. The normalized spacial score (nSPS) is 25.3. The molecule has 0 amide bonds. The van der Waals surface area contributed by atoms with Gasteiger partial charge < -0.3 is 9.47 Å². The molecule has 0 saturated carbocycles. The van der Waals surface area contributed by atoms with Crippen LogP contribution in [0.4, 0.5) is 0 Å². The molecule has 1 aromatic heterocycles. The highest BCUT2D eigenvalue weighted by Crippen LogP contribution is 2.50. The highest BCUT2D eigenvalue weighted by atomic mass is 16.6. The number of hydrogen-bond acceptors (Lipinski definition) is 3. The molecule has 120 valence electrons. The summed E-state index contributed by atoms with van der Waals surface area (Å²) >= 11 is 0. The van der Waals surface area contributed by atoms with E-state index >= 15 is 0 Å². The van der Waals surface area contributed by atoms with Gasteiger partial charge in [0.25, 0.3) is 0 Å². The number of nitrogens with zero attached hydrogens (tertiary/aromatic N) is 1. The van der Waals surface area contributed by atoms with Crippen LogP contribution in [0.5, 0.6) is 0 Å². The minimum absolute atomic E-state index is 0.256. The minimum Gasteiger partial charge on any atom is -0.378 e. The second-order valence-electron chi connectivity index (χ2n) is 5.61. The molecule has 0 aliphatic carbocycles. The van der Waals surface area contributed by atoms with E-state index in [1.165, 1.54) is 11.1 Å². The van der Waals surface area contributed by atoms with Gasteiger partial charge in [-0.05, 0) is 45.2 Å². The van der Waals surface area contributed by atoms with Gasteiger partial charge in [0, 0.05) is 18.4 Å². The number of aromatic nitrogens is 1. The molecule has 2 aliphatic heterocycles. The van der Waals surface area contributed by atoms with E-state index in [4.69, 9.17) is 9.47 Å². The zero-order valence-electron chi connectivity index (χ0n) is 14.7. The van der Waals surface area contributed by atoms with Crippen LogP contribution in [0, 0.1) is 6.92 Å². The van der Waals surface area contributed by atoms with E-state index in [1.807, 2.05) is 33.9 Å². The van der Waals surface area contributed by atoms with Crippen molar-refractivity contribution < 1.29 is 9.47 Å². The quantitative estimate of drug-likeness (QED) is 0.694. The van der Waals surface area contributed by atoms with Crippen molar-refractivity contribution in [3.8, 4) is 0 Å². The Hall–Kier alpha value is -0.930. The van der Waals surface area contributed by atoms with Crippen LogP contribution >= 0.6 is 0 Å². The summed E-state index contributed by atoms with van der Waals surface area (Å²) in [4.78, 5) is 4.59. The number of ether oxygens (including phenoxy) is 2. The van der Waals surface area contributed by atoms with Crippen LogP contribution in [0.15, 0.2) is 12.3 Å². The molecule has 0 N–H and O–H groups in total. The minimum atomic E-state index is -0.302. The Morgan fingerprint density at radius 1 is 1.14 bits per heavy atom. The van der Waals surface area contributed by atoms with Gasteiger partial charge in [0.2, 0.25) is 0 Å². The first kappa shape index (κ1) is 18.1. The van der Waals surface area contributed by atoms with Gasteiger partial charge >= 0.3 is 0 Å². The van der Waals surface area contributed by atoms with Crippen LogP contribution in [0.1, 0.15) is 71.2 Å². The number of aryl methyl sites for hydroxylation is 1. The van der Waals surface area contributed by atoms with E-state index in [0.717, 1.165) is 25.1 Å². The topological polar surface area (TPSA) is 31.4 Å². The predicted octanol–water partition coefficient (Wildman–Crippen LogP) is 4.71. The molecule has 3 heterocycles. The average molecular weight is 293 g/mol. The Bertz CT molecular complexity index is 449. The SMILES string of the molecule is CC.CC.Cc1ccnc2c1C(C)(C)OC21CCCOC1. The van der Waals surface area contributed by atoms with Crippen molar-refractivity contribution in [2.24, 2.45) is 0 Å².